The van der Waals surface area contributed by atoms with E-state index in [1.807, 2.05) is 19.1 Å². The van der Waals surface area contributed by atoms with Gasteiger partial charge in [-0.2, -0.15) is 0 Å². The van der Waals surface area contributed by atoms with Gasteiger partial charge in [0.1, 0.15) is 5.54 Å². The van der Waals surface area contributed by atoms with Gasteiger partial charge in [-0.15, -0.1) is 0 Å². The maximum Gasteiger partial charge on any atom is 0.252 e. The average molecular weight is 328 g/mol. The largest absolute Gasteiger partial charge is 0.354 e. The minimum atomic E-state index is -0.735. The number of benzene rings is 1. The van der Waals surface area contributed by atoms with Crippen LogP contribution in [0.25, 0.3) is 0 Å². The highest BCUT2D eigenvalue weighted by atomic mass is 16.2. The zero-order valence-corrected chi connectivity index (χ0v) is 14.6. The van der Waals surface area contributed by atoms with E-state index in [1.54, 1.807) is 0 Å². The Balaban J connectivity index is 1.79. The summed E-state index contributed by atoms with van der Waals surface area (Å²) >= 11 is 0. The van der Waals surface area contributed by atoms with E-state index in [9.17, 15) is 9.59 Å². The molecule has 1 aromatic carbocycles. The third-order valence-electron chi connectivity index (χ3n) is 5.44. The van der Waals surface area contributed by atoms with E-state index in [4.69, 9.17) is 0 Å². The lowest BCUT2D eigenvalue weighted by atomic mass is 9.80. The second kappa shape index (κ2) is 7.37. The predicted octanol–water partition coefficient (Wildman–Crippen LogP) is 3.13. The lowest BCUT2D eigenvalue weighted by molar-refractivity contribution is -0.128. The first kappa shape index (κ1) is 17.0. The van der Waals surface area contributed by atoms with Gasteiger partial charge in [0, 0.05) is 12.1 Å². The Morgan fingerprint density at radius 3 is 2.42 bits per heavy atom. The smallest absolute Gasteiger partial charge is 0.252 e. The van der Waals surface area contributed by atoms with E-state index in [-0.39, 0.29) is 11.8 Å². The Kier molecular flexibility index (Phi) is 5.22. The molecule has 2 N–H and O–H groups in total. The highest BCUT2D eigenvalue weighted by molar-refractivity contribution is 5.99. The average Bonchev–Trinajstić information content (AvgIpc) is 2.62. The van der Waals surface area contributed by atoms with Crippen LogP contribution in [0.2, 0.25) is 0 Å². The molecule has 0 aromatic heterocycles. The first-order valence-electron chi connectivity index (χ1n) is 9.37. The molecule has 1 saturated carbocycles. The number of amides is 2. The van der Waals surface area contributed by atoms with Gasteiger partial charge in [0.25, 0.3) is 5.91 Å². The van der Waals surface area contributed by atoms with E-state index >= 15 is 0 Å². The normalized spacial score (nSPS) is 19.2. The van der Waals surface area contributed by atoms with Crippen molar-refractivity contribution in [2.24, 2.45) is 0 Å². The van der Waals surface area contributed by atoms with E-state index in [0.717, 1.165) is 44.9 Å². The van der Waals surface area contributed by atoms with E-state index < -0.39 is 5.54 Å². The van der Waals surface area contributed by atoms with Crippen molar-refractivity contribution in [1.29, 1.82) is 0 Å². The fourth-order valence-corrected chi connectivity index (χ4v) is 4.06. The molecule has 0 unspecified atom stereocenters. The number of carbonyl (C=O) groups is 2. The lowest BCUT2D eigenvalue weighted by Gasteiger charge is -2.36. The van der Waals surface area contributed by atoms with E-state index in [1.165, 1.54) is 24.0 Å². The third-order valence-corrected chi connectivity index (χ3v) is 5.44. The molecule has 24 heavy (non-hydrogen) atoms. The van der Waals surface area contributed by atoms with E-state index in [2.05, 4.69) is 16.7 Å². The van der Waals surface area contributed by atoms with Gasteiger partial charge in [-0.25, -0.2) is 0 Å². The van der Waals surface area contributed by atoms with Gasteiger partial charge in [-0.05, 0) is 68.7 Å². The molecule has 2 amide bonds. The number of hydrogen-bond acceptors (Lipinski definition) is 2. The molecule has 0 saturated heterocycles. The Morgan fingerprint density at radius 1 is 1.00 bits per heavy atom. The molecule has 0 radical (unpaired) electrons. The minimum Gasteiger partial charge on any atom is -0.354 e. The summed E-state index contributed by atoms with van der Waals surface area (Å²) < 4.78 is 0. The van der Waals surface area contributed by atoms with Crippen molar-refractivity contribution in [3.63, 3.8) is 0 Å². The summed E-state index contributed by atoms with van der Waals surface area (Å²) in [4.78, 5) is 25.4. The summed E-state index contributed by atoms with van der Waals surface area (Å²) in [5.74, 6) is -0.146. The van der Waals surface area contributed by atoms with Crippen LogP contribution < -0.4 is 10.6 Å². The Labute approximate surface area is 144 Å². The monoisotopic (exact) mass is 328 g/mol. The topological polar surface area (TPSA) is 58.2 Å². The summed E-state index contributed by atoms with van der Waals surface area (Å²) in [6.07, 6.45) is 9.17. The summed E-state index contributed by atoms with van der Waals surface area (Å²) in [5, 5.41) is 6.00. The van der Waals surface area contributed by atoms with Crippen molar-refractivity contribution in [3.05, 3.63) is 34.9 Å². The van der Waals surface area contributed by atoms with Gasteiger partial charge in [0.15, 0.2) is 0 Å². The lowest BCUT2D eigenvalue weighted by Crippen LogP contribution is -2.59. The van der Waals surface area contributed by atoms with Crippen molar-refractivity contribution in [2.45, 2.75) is 70.3 Å². The molecular weight excluding hydrogens is 300 g/mol. The minimum absolute atomic E-state index is 0.0315. The van der Waals surface area contributed by atoms with E-state index in [0.29, 0.717) is 12.1 Å². The molecular formula is C20H28N2O2. The SMILES string of the molecule is CCNC(=O)C1(NC(=O)c2ccc3c(c2)CCCC3)CCCCC1. The number of aryl methyl sites for hydroxylation is 2. The molecule has 0 heterocycles. The Bertz CT molecular complexity index is 618. The summed E-state index contributed by atoms with van der Waals surface area (Å²) in [5.41, 5.74) is 2.62. The maximum absolute atomic E-state index is 12.8. The highest BCUT2D eigenvalue weighted by Gasteiger charge is 2.40. The van der Waals surface area contributed by atoms with Crippen LogP contribution in [0, 0.1) is 0 Å². The number of likely N-dealkylation sites (N-methyl/N-ethyl adjacent to an activating group) is 1. The van der Waals surface area contributed by atoms with Crippen molar-refractivity contribution in [1.82, 2.24) is 10.6 Å². The molecule has 2 aliphatic carbocycles. The molecule has 0 spiro atoms. The quantitative estimate of drug-likeness (QED) is 0.892. The molecule has 3 rings (SSSR count). The van der Waals surface area contributed by atoms with Gasteiger partial charge in [-0.1, -0.05) is 25.3 Å². The number of hydrogen-bond donors (Lipinski definition) is 2. The van der Waals surface area contributed by atoms with Crippen molar-refractivity contribution in [2.75, 3.05) is 6.54 Å². The summed E-state index contributed by atoms with van der Waals surface area (Å²) in [7, 11) is 0. The summed E-state index contributed by atoms with van der Waals surface area (Å²) in [6, 6.07) is 6.02. The summed E-state index contributed by atoms with van der Waals surface area (Å²) in [6.45, 7) is 2.51. The molecule has 0 atom stereocenters. The molecule has 1 fully saturated rings. The van der Waals surface area contributed by atoms with Crippen LogP contribution in [0.1, 0.15) is 73.4 Å². The Morgan fingerprint density at radius 2 is 1.71 bits per heavy atom. The zero-order valence-electron chi connectivity index (χ0n) is 14.6. The second-order valence-corrected chi connectivity index (χ2v) is 7.15. The first-order chi connectivity index (χ1) is 11.6. The number of fused-ring (bicyclic) bond motifs is 1. The molecule has 2 aliphatic rings. The van der Waals surface area contributed by atoms with Crippen LogP contribution in [0.3, 0.4) is 0 Å². The Hall–Kier alpha value is -1.84. The standard InChI is InChI=1S/C20H28N2O2/c1-2-21-19(24)20(12-6-3-7-13-20)22-18(23)17-11-10-15-8-4-5-9-16(15)14-17/h10-11,14H,2-9,12-13H2,1H3,(H,21,24)(H,22,23). The van der Waals surface area contributed by atoms with Gasteiger partial charge < -0.3 is 10.6 Å². The van der Waals surface area contributed by atoms with Crippen LogP contribution in [0.4, 0.5) is 0 Å². The number of nitrogens with one attached hydrogen (secondary N) is 2. The maximum atomic E-state index is 12.8. The number of carbonyl (C=O) groups excluding carboxylic acids is 2. The molecule has 0 aliphatic heterocycles. The van der Waals surface area contributed by atoms with Crippen LogP contribution >= 0.6 is 0 Å². The second-order valence-electron chi connectivity index (χ2n) is 7.15. The van der Waals surface area contributed by atoms with Gasteiger partial charge in [0.2, 0.25) is 5.91 Å². The molecule has 130 valence electrons. The van der Waals surface area contributed by atoms with Crippen molar-refractivity contribution in [3.8, 4) is 0 Å². The van der Waals surface area contributed by atoms with Crippen LogP contribution in [0.15, 0.2) is 18.2 Å². The van der Waals surface area contributed by atoms with Crippen molar-refractivity contribution >= 4 is 11.8 Å². The van der Waals surface area contributed by atoms with Crippen LogP contribution in [-0.4, -0.2) is 23.9 Å². The zero-order chi connectivity index (χ0) is 17.0. The molecule has 1 aromatic rings. The predicted molar refractivity (Wildman–Crippen MR) is 95.0 cm³/mol. The fourth-order valence-electron chi connectivity index (χ4n) is 4.06. The van der Waals surface area contributed by atoms with Gasteiger partial charge in [0.05, 0.1) is 0 Å². The van der Waals surface area contributed by atoms with Crippen molar-refractivity contribution < 1.29 is 9.59 Å². The van der Waals surface area contributed by atoms with Gasteiger partial charge in [-0.3, -0.25) is 9.59 Å². The van der Waals surface area contributed by atoms with Crippen LogP contribution in [-0.2, 0) is 17.6 Å². The molecule has 4 nitrogen and oxygen atoms in total. The molecule has 4 heteroatoms. The third kappa shape index (κ3) is 3.47. The highest BCUT2D eigenvalue weighted by Crippen LogP contribution is 2.29. The van der Waals surface area contributed by atoms with Crippen LogP contribution in [0.5, 0.6) is 0 Å². The molecule has 0 bridgehead atoms. The van der Waals surface area contributed by atoms with Gasteiger partial charge >= 0.3 is 0 Å². The number of rotatable bonds is 4. The first-order valence-corrected chi connectivity index (χ1v) is 9.37. The fraction of sp³-hybridized carbons (Fsp3) is 0.600.